The molecule has 7 nitrogen and oxygen atoms in total. The van der Waals surface area contributed by atoms with Crippen LogP contribution in [-0.2, 0) is 28.0 Å². The lowest BCUT2D eigenvalue weighted by Gasteiger charge is -2.22. The van der Waals surface area contributed by atoms with Gasteiger partial charge in [0, 0.05) is 6.54 Å². The van der Waals surface area contributed by atoms with E-state index in [0.717, 1.165) is 39.3 Å². The number of aryl methyl sites for hydroxylation is 2. The first-order valence-corrected chi connectivity index (χ1v) is 10.1. The smallest absolute Gasteiger partial charge is 0.325 e. The van der Waals surface area contributed by atoms with Crippen LogP contribution >= 0.6 is 0 Å². The van der Waals surface area contributed by atoms with Crippen molar-refractivity contribution in [3.63, 3.8) is 0 Å². The predicted octanol–water partition coefficient (Wildman–Crippen LogP) is 2.06. The van der Waals surface area contributed by atoms with Crippen molar-refractivity contribution < 1.29 is 19.1 Å². The van der Waals surface area contributed by atoms with Crippen LogP contribution in [0.25, 0.3) is 0 Å². The number of nitrogens with zero attached hydrogens (tertiary/aromatic N) is 1. The van der Waals surface area contributed by atoms with E-state index in [2.05, 4.69) is 10.6 Å². The first-order chi connectivity index (χ1) is 14.4. The van der Waals surface area contributed by atoms with Gasteiger partial charge in [-0.15, -0.1) is 0 Å². The Morgan fingerprint density at radius 2 is 2.03 bits per heavy atom. The molecule has 1 spiro atoms. The number of carbonyl (C=O) groups excluding carboxylic acids is 3. The second kappa shape index (κ2) is 7.82. The lowest BCUT2D eigenvalue weighted by atomic mass is 9.92. The molecular formula is C23H25N3O4. The third-order valence-corrected chi connectivity index (χ3v) is 5.88. The van der Waals surface area contributed by atoms with E-state index >= 15 is 0 Å². The fraction of sp³-hybridized carbons (Fsp3) is 0.348. The first-order valence-electron chi connectivity index (χ1n) is 10.1. The molecule has 2 aromatic rings. The summed E-state index contributed by atoms with van der Waals surface area (Å²) in [6.07, 6.45) is 1.83. The van der Waals surface area contributed by atoms with Crippen molar-refractivity contribution in [2.45, 2.75) is 31.7 Å². The number of nitrogens with one attached hydrogen (secondary N) is 2. The Bertz CT molecular complexity index is 1020. The Hall–Kier alpha value is -3.35. The van der Waals surface area contributed by atoms with Crippen LogP contribution in [0.4, 0.5) is 4.79 Å². The molecule has 0 aromatic heterocycles. The molecule has 0 saturated carbocycles. The van der Waals surface area contributed by atoms with Crippen LogP contribution < -0.4 is 15.4 Å². The molecule has 1 saturated heterocycles. The van der Waals surface area contributed by atoms with Crippen LogP contribution in [0.3, 0.4) is 0 Å². The van der Waals surface area contributed by atoms with Crippen LogP contribution in [0.15, 0.2) is 42.5 Å². The van der Waals surface area contributed by atoms with Gasteiger partial charge < -0.3 is 15.4 Å². The minimum absolute atomic E-state index is 0.292. The number of methoxy groups -OCH3 is 1. The number of hydrogen-bond donors (Lipinski definition) is 2. The number of fused-ring (bicyclic) bond motifs is 2. The summed E-state index contributed by atoms with van der Waals surface area (Å²) in [4.78, 5) is 39.1. The molecular weight excluding hydrogens is 382 g/mol. The summed E-state index contributed by atoms with van der Waals surface area (Å²) in [5, 5.41) is 5.63. The molecule has 156 valence electrons. The number of imide groups is 1. The van der Waals surface area contributed by atoms with Crippen molar-refractivity contribution in [2.75, 3.05) is 20.2 Å². The molecule has 1 aliphatic heterocycles. The zero-order chi connectivity index (χ0) is 21.3. The molecule has 4 rings (SSSR count). The third kappa shape index (κ3) is 3.40. The van der Waals surface area contributed by atoms with Crippen molar-refractivity contribution in [3.05, 3.63) is 64.7 Å². The van der Waals surface area contributed by atoms with Crippen molar-refractivity contribution in [1.82, 2.24) is 15.5 Å². The van der Waals surface area contributed by atoms with E-state index < -0.39 is 11.6 Å². The van der Waals surface area contributed by atoms with E-state index in [1.807, 2.05) is 49.4 Å². The van der Waals surface area contributed by atoms with Crippen molar-refractivity contribution in [2.24, 2.45) is 0 Å². The van der Waals surface area contributed by atoms with Crippen LogP contribution in [0.2, 0.25) is 0 Å². The Morgan fingerprint density at radius 1 is 1.23 bits per heavy atom. The van der Waals surface area contributed by atoms with Gasteiger partial charge >= 0.3 is 6.03 Å². The second-order valence-electron chi connectivity index (χ2n) is 7.80. The summed E-state index contributed by atoms with van der Waals surface area (Å²) >= 11 is 0. The van der Waals surface area contributed by atoms with Gasteiger partial charge in [0.05, 0.1) is 7.11 Å². The van der Waals surface area contributed by atoms with Gasteiger partial charge in [-0.2, -0.15) is 0 Å². The highest BCUT2D eigenvalue weighted by Crippen LogP contribution is 2.41. The molecule has 1 heterocycles. The van der Waals surface area contributed by atoms with Crippen molar-refractivity contribution >= 4 is 17.8 Å². The van der Waals surface area contributed by atoms with E-state index in [1.54, 1.807) is 7.11 Å². The van der Waals surface area contributed by atoms with E-state index in [9.17, 15) is 14.4 Å². The number of urea groups is 1. The molecule has 0 bridgehead atoms. The van der Waals surface area contributed by atoms with Gasteiger partial charge in [-0.25, -0.2) is 4.79 Å². The fourth-order valence-electron chi connectivity index (χ4n) is 4.37. The Balaban J connectivity index is 1.38. The Morgan fingerprint density at radius 3 is 2.83 bits per heavy atom. The molecule has 1 atom stereocenters. The molecule has 1 aliphatic carbocycles. The number of rotatable bonds is 6. The minimum Gasteiger partial charge on any atom is -0.496 e. The van der Waals surface area contributed by atoms with E-state index in [-0.39, 0.29) is 18.4 Å². The van der Waals surface area contributed by atoms with Crippen molar-refractivity contribution in [1.29, 1.82) is 0 Å². The van der Waals surface area contributed by atoms with Gasteiger partial charge in [-0.05, 0) is 48.9 Å². The summed E-state index contributed by atoms with van der Waals surface area (Å²) in [5.74, 6) is 0.0483. The molecule has 30 heavy (non-hydrogen) atoms. The third-order valence-electron chi connectivity index (χ3n) is 5.88. The molecule has 0 radical (unpaired) electrons. The normalized spacial score (nSPS) is 19.7. The van der Waals surface area contributed by atoms with E-state index in [4.69, 9.17) is 4.74 Å². The SMILES string of the molecule is COc1ccc(C)cc1CCNC(=O)CN1C(=O)NC2(CCc3ccccc32)C1=O. The average molecular weight is 407 g/mol. The van der Waals surface area contributed by atoms with E-state index in [1.165, 1.54) is 0 Å². The molecule has 2 N–H and O–H groups in total. The van der Waals surface area contributed by atoms with Crippen LogP contribution in [0, 0.1) is 6.92 Å². The van der Waals surface area contributed by atoms with Gasteiger partial charge in [0.15, 0.2) is 0 Å². The topological polar surface area (TPSA) is 87.7 Å². The molecule has 2 aromatic carbocycles. The lowest BCUT2D eigenvalue weighted by molar-refractivity contribution is -0.135. The van der Waals surface area contributed by atoms with Gasteiger partial charge in [-0.1, -0.05) is 42.0 Å². The summed E-state index contributed by atoms with van der Waals surface area (Å²) in [6.45, 7) is 2.09. The fourth-order valence-corrected chi connectivity index (χ4v) is 4.37. The second-order valence-corrected chi connectivity index (χ2v) is 7.80. The zero-order valence-electron chi connectivity index (χ0n) is 17.2. The van der Waals surface area contributed by atoms with Crippen molar-refractivity contribution in [3.8, 4) is 5.75 Å². The monoisotopic (exact) mass is 407 g/mol. The maximum absolute atomic E-state index is 13.1. The predicted molar refractivity (Wildman–Crippen MR) is 111 cm³/mol. The number of carbonyl (C=O) groups is 3. The summed E-state index contributed by atoms with van der Waals surface area (Å²) in [5.41, 5.74) is 2.96. The Labute approximate surface area is 175 Å². The average Bonchev–Trinajstić information content (AvgIpc) is 3.22. The van der Waals surface area contributed by atoms with Gasteiger partial charge in [-0.3, -0.25) is 14.5 Å². The quantitative estimate of drug-likeness (QED) is 0.718. The summed E-state index contributed by atoms with van der Waals surface area (Å²) < 4.78 is 5.36. The maximum atomic E-state index is 13.1. The molecule has 4 amide bonds. The molecule has 1 fully saturated rings. The van der Waals surface area contributed by atoms with Crippen LogP contribution in [0.1, 0.15) is 28.7 Å². The molecule has 2 aliphatic rings. The number of ether oxygens (including phenoxy) is 1. The van der Waals surface area contributed by atoms with Crippen LogP contribution in [0.5, 0.6) is 5.75 Å². The lowest BCUT2D eigenvalue weighted by Crippen LogP contribution is -2.44. The van der Waals surface area contributed by atoms with Crippen LogP contribution in [-0.4, -0.2) is 42.9 Å². The zero-order valence-corrected chi connectivity index (χ0v) is 17.2. The standard InChI is InChI=1S/C23H25N3O4/c1-15-7-8-19(30-2)17(13-15)10-12-24-20(27)14-26-21(28)23(25-22(26)29)11-9-16-5-3-4-6-18(16)23/h3-8,13H,9-12,14H2,1-2H3,(H,24,27)(H,25,29). The number of amides is 4. The van der Waals surface area contributed by atoms with Gasteiger partial charge in [0.1, 0.15) is 17.8 Å². The minimum atomic E-state index is -1.04. The highest BCUT2D eigenvalue weighted by atomic mass is 16.5. The Kier molecular flexibility index (Phi) is 5.20. The maximum Gasteiger partial charge on any atom is 0.325 e. The molecule has 1 unspecified atom stereocenters. The highest BCUT2D eigenvalue weighted by Gasteiger charge is 2.55. The molecule has 7 heteroatoms. The largest absolute Gasteiger partial charge is 0.496 e. The van der Waals surface area contributed by atoms with Gasteiger partial charge in [0.25, 0.3) is 5.91 Å². The highest BCUT2D eigenvalue weighted by molar-refractivity contribution is 6.09. The summed E-state index contributed by atoms with van der Waals surface area (Å²) in [6, 6.07) is 13.0. The first kappa shape index (κ1) is 19.9. The summed E-state index contributed by atoms with van der Waals surface area (Å²) in [7, 11) is 1.61. The van der Waals surface area contributed by atoms with Gasteiger partial charge in [0.2, 0.25) is 5.91 Å². The van der Waals surface area contributed by atoms with E-state index in [0.29, 0.717) is 19.4 Å². The number of benzene rings is 2. The number of hydrogen-bond acceptors (Lipinski definition) is 4.